The molecule has 1 saturated carbocycles. The van der Waals surface area contributed by atoms with Crippen molar-refractivity contribution in [1.82, 2.24) is 0 Å². The Balaban J connectivity index is 1.50. The first-order chi connectivity index (χ1) is 29.9. The van der Waals surface area contributed by atoms with E-state index in [-0.39, 0.29) is 11.3 Å². The summed E-state index contributed by atoms with van der Waals surface area (Å²) in [6, 6.07) is 22.0. The Morgan fingerprint density at radius 1 is 0.778 bits per heavy atom. The number of nitrogens with zero attached hydrogens (tertiary/aromatic N) is 3. The minimum atomic E-state index is -4.37. The van der Waals surface area contributed by atoms with Crippen molar-refractivity contribution in [3.63, 3.8) is 0 Å². The zero-order valence-corrected chi connectivity index (χ0v) is 39.2. The Hall–Kier alpha value is -4.26. The molecule has 0 unspecified atom stereocenters. The van der Waals surface area contributed by atoms with Crippen molar-refractivity contribution in [2.24, 2.45) is 0 Å². The Morgan fingerprint density at radius 3 is 1.78 bits per heavy atom. The lowest BCUT2D eigenvalue weighted by Gasteiger charge is -2.27. The van der Waals surface area contributed by atoms with Crippen LogP contribution in [0.2, 0.25) is 5.02 Å². The molecule has 3 aromatic carbocycles. The highest BCUT2D eigenvalue weighted by Crippen LogP contribution is 2.49. The first-order valence-electron chi connectivity index (χ1n) is 20.7. The van der Waals surface area contributed by atoms with Crippen molar-refractivity contribution >= 4 is 66.8 Å². The maximum Gasteiger partial charge on any atom is 0.395 e. The van der Waals surface area contributed by atoms with Crippen LogP contribution in [0.15, 0.2) is 125 Å². The van der Waals surface area contributed by atoms with Gasteiger partial charge in [-0.3, -0.25) is 5.04 Å². The SMILES string of the molecule is COC(=O)C\[N+](=C1C(=C/C=C2/N(CCCCSOO[O-])c3ccccc3C2(C)C)CCC/1=C\C=C1\N(CCCCS(=O)(=O)[O-])c2ccccc2C1(C)C)S(=O)(=O)c1ccc(Cl)cc1. The number of rotatable bonds is 18. The molecule has 3 aliphatic rings. The summed E-state index contributed by atoms with van der Waals surface area (Å²) in [4.78, 5) is 17.6. The van der Waals surface area contributed by atoms with E-state index in [1.54, 1.807) is 0 Å². The number of unbranched alkanes of at least 4 members (excludes halogenated alkanes) is 2. The number of ether oxygens (including phenoxy) is 1. The predicted molar refractivity (Wildman–Crippen MR) is 244 cm³/mol. The number of carbonyl (C=O) groups excluding carboxylic acids is 1. The van der Waals surface area contributed by atoms with Gasteiger partial charge >= 0.3 is 16.0 Å². The van der Waals surface area contributed by atoms with Gasteiger partial charge in [-0.2, -0.15) is 12.8 Å². The highest BCUT2D eigenvalue weighted by atomic mass is 35.5. The number of esters is 1. The Bertz CT molecular complexity index is 2570. The second-order valence-electron chi connectivity index (χ2n) is 16.6. The fourth-order valence-electron chi connectivity index (χ4n) is 8.71. The van der Waals surface area contributed by atoms with Gasteiger partial charge in [0.25, 0.3) is 6.54 Å². The molecule has 17 heteroatoms. The fourth-order valence-corrected chi connectivity index (χ4v) is 11.3. The zero-order chi connectivity index (χ0) is 45.6. The highest BCUT2D eigenvalue weighted by molar-refractivity contribution is 7.94. The number of benzene rings is 3. The van der Waals surface area contributed by atoms with E-state index in [0.29, 0.717) is 60.0 Å². The third kappa shape index (κ3) is 10.8. The lowest BCUT2D eigenvalue weighted by molar-refractivity contribution is -0.777. The van der Waals surface area contributed by atoms with Gasteiger partial charge in [-0.05, 0) is 98.2 Å². The average molecular weight is 940 g/mol. The third-order valence-electron chi connectivity index (χ3n) is 11.9. The van der Waals surface area contributed by atoms with Crippen LogP contribution in [0, 0.1) is 0 Å². The van der Waals surface area contributed by atoms with E-state index >= 15 is 0 Å². The normalized spacial score (nSPS) is 20.3. The van der Waals surface area contributed by atoms with E-state index in [9.17, 15) is 31.4 Å². The summed E-state index contributed by atoms with van der Waals surface area (Å²) in [6.07, 6.45) is 11.0. The van der Waals surface area contributed by atoms with Crippen molar-refractivity contribution in [3.05, 3.63) is 136 Å². The lowest BCUT2D eigenvalue weighted by Crippen LogP contribution is -2.33. The van der Waals surface area contributed by atoms with Gasteiger partial charge in [0.05, 0.1) is 17.2 Å². The number of hydrogen-bond acceptors (Lipinski definition) is 13. The molecule has 2 heterocycles. The van der Waals surface area contributed by atoms with Crippen LogP contribution >= 0.6 is 23.6 Å². The second-order valence-corrected chi connectivity index (χ2v) is 21.2. The molecule has 0 aromatic heterocycles. The first kappa shape index (κ1) is 48.2. The molecule has 1 aliphatic carbocycles. The molecule has 0 atom stereocenters. The minimum absolute atomic E-state index is 0.0480. The average Bonchev–Trinajstić information content (AvgIpc) is 3.81. The fraction of sp³-hybridized carbons (Fsp3) is 0.391. The van der Waals surface area contributed by atoms with Gasteiger partial charge in [-0.1, -0.05) is 91.8 Å². The van der Waals surface area contributed by atoms with E-state index in [0.717, 1.165) is 62.8 Å². The Morgan fingerprint density at radius 2 is 1.29 bits per heavy atom. The van der Waals surface area contributed by atoms with Crippen molar-refractivity contribution in [2.75, 3.05) is 48.0 Å². The second kappa shape index (κ2) is 20.3. The van der Waals surface area contributed by atoms with Crippen molar-refractivity contribution in [2.45, 2.75) is 81.9 Å². The standard InChI is InChI=1S/C46H54ClN3O10S3/c1-45(2)37-14-6-8-16-39(37)48(28-10-12-30-61-60-59-52)41(45)26-20-33-18-19-34(44(33)50(32-43(51)58-5)63(56,57)36-24-22-35(47)23-25-36)21-27-42-46(3,4)38-15-7-9-17-40(38)49(42)29-11-13-31-62(53,54)55/h6-9,14-17,20-27H,10-13,18-19,28-32H2,1-5H3,(H-,52,53,54,55)/p-1. The summed E-state index contributed by atoms with van der Waals surface area (Å²) >= 11 is 7.15. The van der Waals surface area contributed by atoms with Crippen LogP contribution in [0.4, 0.5) is 11.4 Å². The number of hydrogen-bond donors (Lipinski definition) is 0. The number of fused-ring (bicyclic) bond motifs is 2. The molecule has 0 spiro atoms. The van der Waals surface area contributed by atoms with Crippen molar-refractivity contribution in [3.8, 4) is 0 Å². The quantitative estimate of drug-likeness (QED) is 0.0232. The summed E-state index contributed by atoms with van der Waals surface area (Å²) in [5.41, 5.74) is 7.00. The summed E-state index contributed by atoms with van der Waals surface area (Å²) in [7, 11) is -7.52. The summed E-state index contributed by atoms with van der Waals surface area (Å²) in [5, 5.41) is 14.1. The van der Waals surface area contributed by atoms with Gasteiger partial charge in [-0.25, -0.2) is 13.2 Å². The van der Waals surface area contributed by atoms with E-state index in [4.69, 9.17) is 16.3 Å². The van der Waals surface area contributed by atoms with Crippen LogP contribution in [-0.4, -0.2) is 75.3 Å². The summed E-state index contributed by atoms with van der Waals surface area (Å²) < 4.78 is 74.5. The molecule has 2 aliphatic heterocycles. The van der Waals surface area contributed by atoms with E-state index in [1.165, 1.54) is 31.4 Å². The number of para-hydroxylation sites is 2. The number of methoxy groups -OCH3 is 1. The number of carbonyl (C=O) groups is 1. The molecule has 0 amide bonds. The monoisotopic (exact) mass is 938 g/mol. The molecule has 338 valence electrons. The number of allylic oxidation sites excluding steroid dienone is 8. The lowest BCUT2D eigenvalue weighted by atomic mass is 9.83. The molecular formula is C46H53ClN3O10S3-. The van der Waals surface area contributed by atoms with Gasteiger partial charge < -0.3 is 24.3 Å². The van der Waals surface area contributed by atoms with Crippen LogP contribution in [0.5, 0.6) is 0 Å². The van der Waals surface area contributed by atoms with Crippen LogP contribution in [0.1, 0.15) is 77.3 Å². The van der Waals surface area contributed by atoms with E-state index in [2.05, 4.69) is 65.1 Å². The third-order valence-corrected chi connectivity index (χ3v) is 15.3. The molecule has 13 nitrogen and oxygen atoms in total. The van der Waals surface area contributed by atoms with Gasteiger partial charge in [0.2, 0.25) is 5.71 Å². The number of anilines is 2. The molecule has 0 bridgehead atoms. The van der Waals surface area contributed by atoms with E-state index < -0.39 is 49.2 Å². The summed E-state index contributed by atoms with van der Waals surface area (Å²) in [5.74, 6) is -0.630. The van der Waals surface area contributed by atoms with Crippen LogP contribution in [-0.2, 0) is 49.9 Å². The number of halogens is 1. The predicted octanol–water partition coefficient (Wildman–Crippen LogP) is 7.64. The van der Waals surface area contributed by atoms with Crippen LogP contribution in [0.3, 0.4) is 0 Å². The molecule has 0 N–H and O–H groups in total. The Kier molecular flexibility index (Phi) is 15.5. The molecule has 6 rings (SSSR count). The maximum atomic E-state index is 14.8. The Labute approximate surface area is 380 Å². The van der Waals surface area contributed by atoms with Gasteiger partial charge in [0, 0.05) is 86.4 Å². The van der Waals surface area contributed by atoms with Gasteiger partial charge in [0.1, 0.15) is 4.90 Å². The highest BCUT2D eigenvalue weighted by Gasteiger charge is 2.43. The topological polar surface area (TPSA) is 169 Å². The van der Waals surface area contributed by atoms with Crippen molar-refractivity contribution < 1.29 is 49.5 Å². The molecule has 0 radical (unpaired) electrons. The molecule has 63 heavy (non-hydrogen) atoms. The minimum Gasteiger partial charge on any atom is -0.748 e. The largest absolute Gasteiger partial charge is 0.748 e. The first-order valence-corrected chi connectivity index (χ1v) is 25.0. The van der Waals surface area contributed by atoms with Crippen LogP contribution in [0.25, 0.3) is 0 Å². The van der Waals surface area contributed by atoms with Gasteiger partial charge in [0.15, 0.2) is 0 Å². The van der Waals surface area contributed by atoms with E-state index in [1.807, 2.05) is 54.6 Å². The number of sulfonamides is 1. The van der Waals surface area contributed by atoms with Gasteiger partial charge in [-0.15, -0.1) is 0 Å². The molecule has 3 aromatic rings. The van der Waals surface area contributed by atoms with Crippen LogP contribution < -0.4 is 15.1 Å². The summed E-state index contributed by atoms with van der Waals surface area (Å²) in [6.45, 7) is 9.05. The molecule has 0 saturated heterocycles. The molecule has 1 fully saturated rings. The smallest absolute Gasteiger partial charge is 0.395 e. The maximum absolute atomic E-state index is 14.8. The molecular weight excluding hydrogens is 886 g/mol. The zero-order valence-electron chi connectivity index (χ0n) is 36.0. The van der Waals surface area contributed by atoms with Crippen molar-refractivity contribution in [1.29, 1.82) is 0 Å².